The van der Waals surface area contributed by atoms with Gasteiger partial charge in [-0.3, -0.25) is 5.41 Å². The third-order valence-electron chi connectivity index (χ3n) is 2.91. The molecule has 0 fully saturated rings. The van der Waals surface area contributed by atoms with Crippen molar-refractivity contribution in [2.24, 2.45) is 16.0 Å². The molecule has 0 aliphatic heterocycles. The molecule has 0 radical (unpaired) electrons. The van der Waals surface area contributed by atoms with Crippen molar-refractivity contribution in [1.82, 2.24) is 10.6 Å². The number of urea groups is 1. The highest BCUT2D eigenvalue weighted by Crippen LogP contribution is 2.17. The molecule has 130 valence electrons. The molecule has 1 atom stereocenters. The van der Waals surface area contributed by atoms with Crippen molar-refractivity contribution in [3.63, 3.8) is 0 Å². The maximum absolute atomic E-state index is 11.7. The number of ether oxygens (including phenoxy) is 1. The summed E-state index contributed by atoms with van der Waals surface area (Å²) in [5.41, 5.74) is 5.55. The summed E-state index contributed by atoms with van der Waals surface area (Å²) in [6, 6.07) is 4.59. The van der Waals surface area contributed by atoms with E-state index >= 15 is 0 Å². The second kappa shape index (κ2) is 9.77. The molecule has 10 heteroatoms. The van der Waals surface area contributed by atoms with Gasteiger partial charge >= 0.3 is 12.0 Å². The van der Waals surface area contributed by atoms with Crippen LogP contribution >= 0.6 is 0 Å². The van der Waals surface area contributed by atoms with Crippen molar-refractivity contribution in [3.05, 3.63) is 24.3 Å². The predicted molar refractivity (Wildman–Crippen MR) is 86.6 cm³/mol. The molecule has 0 aliphatic rings. The number of nitrogens with zero attached hydrogens (tertiary/aromatic N) is 2. The summed E-state index contributed by atoms with van der Waals surface area (Å²) in [6.45, 7) is 0.336. The highest BCUT2D eigenvalue weighted by molar-refractivity contribution is 5.82. The molecule has 0 spiro atoms. The van der Waals surface area contributed by atoms with Crippen molar-refractivity contribution in [2.75, 3.05) is 13.7 Å². The Morgan fingerprint density at radius 3 is 2.58 bits per heavy atom. The van der Waals surface area contributed by atoms with Gasteiger partial charge in [-0.15, -0.1) is 5.11 Å². The molecule has 0 aliphatic carbocycles. The monoisotopic (exact) mass is 336 g/mol. The molecule has 24 heavy (non-hydrogen) atoms. The van der Waals surface area contributed by atoms with Crippen LogP contribution in [0.25, 0.3) is 0 Å². The van der Waals surface area contributed by atoms with Gasteiger partial charge in [0.1, 0.15) is 11.8 Å². The van der Waals surface area contributed by atoms with E-state index in [1.807, 2.05) is 0 Å². The third kappa shape index (κ3) is 7.20. The Bertz CT molecular complexity index is 602. The Morgan fingerprint density at radius 2 is 2.04 bits per heavy atom. The first-order valence-corrected chi connectivity index (χ1v) is 7.09. The van der Waals surface area contributed by atoms with Gasteiger partial charge in [-0.05, 0) is 37.1 Å². The second-order valence-corrected chi connectivity index (χ2v) is 4.72. The SMILES string of the molecule is COc1ccc(/N=N/C(=O)NC(CCCNC(=N)N)C(=O)O)cc1. The zero-order valence-electron chi connectivity index (χ0n) is 13.2. The molecule has 0 saturated heterocycles. The Kier molecular flexibility index (Phi) is 7.68. The lowest BCUT2D eigenvalue weighted by Gasteiger charge is -2.12. The fraction of sp³-hybridized carbons (Fsp3) is 0.357. The van der Waals surface area contributed by atoms with Gasteiger partial charge in [0.05, 0.1) is 12.8 Å². The number of aliphatic carboxylic acids is 1. The number of carbonyl (C=O) groups excluding carboxylic acids is 1. The summed E-state index contributed by atoms with van der Waals surface area (Å²) in [4.78, 5) is 22.8. The Balaban J connectivity index is 2.50. The van der Waals surface area contributed by atoms with Crippen LogP contribution in [0.1, 0.15) is 12.8 Å². The van der Waals surface area contributed by atoms with Crippen molar-refractivity contribution in [1.29, 1.82) is 5.41 Å². The molecule has 1 aromatic rings. The highest BCUT2D eigenvalue weighted by Gasteiger charge is 2.19. The lowest BCUT2D eigenvalue weighted by molar-refractivity contribution is -0.139. The van der Waals surface area contributed by atoms with E-state index in [1.165, 1.54) is 7.11 Å². The van der Waals surface area contributed by atoms with E-state index in [4.69, 9.17) is 21.0 Å². The molecule has 0 heterocycles. The maximum Gasteiger partial charge on any atom is 0.360 e. The quantitative estimate of drug-likeness (QED) is 0.207. The number of nitrogens with one attached hydrogen (secondary N) is 3. The van der Waals surface area contributed by atoms with E-state index in [2.05, 4.69) is 20.9 Å². The van der Waals surface area contributed by atoms with E-state index in [0.29, 0.717) is 24.4 Å². The minimum atomic E-state index is -1.18. The number of rotatable bonds is 8. The summed E-state index contributed by atoms with van der Waals surface area (Å²) in [5, 5.41) is 28.0. The minimum Gasteiger partial charge on any atom is -0.497 e. The van der Waals surface area contributed by atoms with Crippen molar-refractivity contribution in [2.45, 2.75) is 18.9 Å². The fourth-order valence-corrected chi connectivity index (χ4v) is 1.72. The number of methoxy groups -OCH3 is 1. The molecule has 1 unspecified atom stereocenters. The number of nitrogens with two attached hydrogens (primary N) is 1. The maximum atomic E-state index is 11.7. The molecular formula is C14H20N6O4. The average molecular weight is 336 g/mol. The van der Waals surface area contributed by atoms with E-state index in [9.17, 15) is 9.59 Å². The standard InChI is InChI=1S/C14H20N6O4/c1-24-10-6-4-9(5-7-10)19-20-14(23)18-11(12(21)22)3-2-8-17-13(15)16/h4-7,11H,2-3,8H2,1H3,(H,18,23)(H,21,22)(H4,15,16,17)/b20-19+. The number of carbonyl (C=O) groups is 2. The lowest BCUT2D eigenvalue weighted by Crippen LogP contribution is -2.40. The number of amides is 2. The summed E-state index contributed by atoms with van der Waals surface area (Å²) in [6.07, 6.45) is 0.575. The zero-order chi connectivity index (χ0) is 17.9. The first-order valence-electron chi connectivity index (χ1n) is 7.09. The largest absolute Gasteiger partial charge is 0.497 e. The van der Waals surface area contributed by atoms with Crippen LogP contribution in [0.15, 0.2) is 34.5 Å². The number of azo groups is 1. The number of hydrogen-bond acceptors (Lipinski definition) is 5. The van der Waals surface area contributed by atoms with Crippen LogP contribution < -0.4 is 21.1 Å². The lowest BCUT2D eigenvalue weighted by atomic mass is 10.1. The first kappa shape index (κ1) is 18.9. The Morgan fingerprint density at radius 1 is 1.38 bits per heavy atom. The molecule has 0 aromatic heterocycles. The number of guanidine groups is 1. The van der Waals surface area contributed by atoms with Gasteiger partial charge in [0.25, 0.3) is 0 Å². The summed E-state index contributed by atoms with van der Waals surface area (Å²) < 4.78 is 4.99. The first-order chi connectivity index (χ1) is 11.4. The number of hydrogen-bond donors (Lipinski definition) is 5. The minimum absolute atomic E-state index is 0.166. The predicted octanol–water partition coefficient (Wildman–Crippen LogP) is 1.20. The third-order valence-corrected chi connectivity index (χ3v) is 2.91. The van der Waals surface area contributed by atoms with Crippen molar-refractivity contribution < 1.29 is 19.4 Å². The van der Waals surface area contributed by atoms with Crippen LogP contribution in [-0.4, -0.2) is 42.8 Å². The molecule has 10 nitrogen and oxygen atoms in total. The van der Waals surface area contributed by atoms with Crippen molar-refractivity contribution in [3.8, 4) is 5.75 Å². The molecular weight excluding hydrogens is 316 g/mol. The van der Waals surface area contributed by atoms with Crippen molar-refractivity contribution >= 4 is 23.6 Å². The molecule has 2 amide bonds. The average Bonchev–Trinajstić information content (AvgIpc) is 2.55. The van der Waals surface area contributed by atoms with E-state index in [1.54, 1.807) is 24.3 Å². The summed E-state index contributed by atoms with van der Waals surface area (Å²) in [5.74, 6) is -0.728. The number of carboxylic acid groups (broad SMARTS) is 1. The van der Waals surface area contributed by atoms with E-state index in [-0.39, 0.29) is 12.4 Å². The zero-order valence-corrected chi connectivity index (χ0v) is 13.2. The Labute approximate surface area is 138 Å². The number of benzene rings is 1. The van der Waals surface area contributed by atoms with Crippen LogP contribution in [0.3, 0.4) is 0 Å². The summed E-state index contributed by atoms with van der Waals surface area (Å²) >= 11 is 0. The topological polar surface area (TPSA) is 162 Å². The van der Waals surface area contributed by atoms with Gasteiger partial charge in [0.15, 0.2) is 5.96 Å². The highest BCUT2D eigenvalue weighted by atomic mass is 16.5. The Hall–Kier alpha value is -3.17. The van der Waals surface area contributed by atoms with Gasteiger partial charge in [0, 0.05) is 6.54 Å². The molecule has 6 N–H and O–H groups in total. The normalized spacial score (nSPS) is 11.7. The molecule has 0 bridgehead atoms. The smallest absolute Gasteiger partial charge is 0.360 e. The van der Waals surface area contributed by atoms with Crippen LogP contribution in [0.2, 0.25) is 0 Å². The summed E-state index contributed by atoms with van der Waals surface area (Å²) in [7, 11) is 1.53. The molecule has 1 aromatic carbocycles. The van der Waals surface area contributed by atoms with Crippen LogP contribution in [0, 0.1) is 5.41 Å². The second-order valence-electron chi connectivity index (χ2n) is 4.72. The van der Waals surface area contributed by atoms with Gasteiger partial charge in [0.2, 0.25) is 0 Å². The van der Waals surface area contributed by atoms with Gasteiger partial charge in [-0.2, -0.15) is 0 Å². The fourth-order valence-electron chi connectivity index (χ4n) is 1.72. The van der Waals surface area contributed by atoms with E-state index in [0.717, 1.165) is 0 Å². The van der Waals surface area contributed by atoms with Crippen LogP contribution in [0.5, 0.6) is 5.75 Å². The van der Waals surface area contributed by atoms with E-state index < -0.39 is 18.0 Å². The number of carboxylic acids is 1. The molecule has 1 rings (SSSR count). The molecule has 0 saturated carbocycles. The van der Waals surface area contributed by atoms with Gasteiger partial charge < -0.3 is 26.2 Å². The van der Waals surface area contributed by atoms with Crippen LogP contribution in [-0.2, 0) is 4.79 Å². The van der Waals surface area contributed by atoms with Crippen LogP contribution in [0.4, 0.5) is 10.5 Å². The van der Waals surface area contributed by atoms with Gasteiger partial charge in [-0.25, -0.2) is 9.59 Å². The van der Waals surface area contributed by atoms with Gasteiger partial charge in [-0.1, -0.05) is 5.11 Å².